The standard InChI is InChI=1S/C16H10FNO2/c17-13-9-5-4-8-12(13)15-18-14(16(19)20-15)10-11-6-2-1-3-7-11/h1-10H. The van der Waals surface area contributed by atoms with Gasteiger partial charge in [0.15, 0.2) is 5.70 Å². The molecule has 1 aliphatic heterocycles. The third kappa shape index (κ3) is 2.36. The number of hydrogen-bond donors (Lipinski definition) is 0. The third-order valence-corrected chi connectivity index (χ3v) is 2.83. The third-order valence-electron chi connectivity index (χ3n) is 2.83. The Hall–Kier alpha value is -2.75. The fraction of sp³-hybridized carbons (Fsp3) is 0. The van der Waals surface area contributed by atoms with Gasteiger partial charge in [-0.05, 0) is 23.8 Å². The molecule has 0 saturated carbocycles. The molecule has 0 amide bonds. The summed E-state index contributed by atoms with van der Waals surface area (Å²) in [6.45, 7) is 0. The number of rotatable bonds is 2. The van der Waals surface area contributed by atoms with E-state index in [0.717, 1.165) is 5.56 Å². The summed E-state index contributed by atoms with van der Waals surface area (Å²) in [5.74, 6) is -1.05. The molecule has 20 heavy (non-hydrogen) atoms. The topological polar surface area (TPSA) is 38.7 Å². The minimum Gasteiger partial charge on any atom is -0.402 e. The van der Waals surface area contributed by atoms with E-state index in [-0.39, 0.29) is 17.2 Å². The fourth-order valence-electron chi connectivity index (χ4n) is 1.87. The summed E-state index contributed by atoms with van der Waals surface area (Å²) in [5, 5.41) is 0. The van der Waals surface area contributed by atoms with Crippen LogP contribution in [0.2, 0.25) is 0 Å². The van der Waals surface area contributed by atoms with Crippen molar-refractivity contribution in [2.75, 3.05) is 0 Å². The van der Waals surface area contributed by atoms with Gasteiger partial charge >= 0.3 is 5.97 Å². The Labute approximate surface area is 115 Å². The van der Waals surface area contributed by atoms with Gasteiger partial charge in [0.2, 0.25) is 5.90 Å². The van der Waals surface area contributed by atoms with E-state index in [0.29, 0.717) is 0 Å². The van der Waals surface area contributed by atoms with Gasteiger partial charge in [0.25, 0.3) is 0 Å². The maximum atomic E-state index is 13.6. The van der Waals surface area contributed by atoms with Crippen molar-refractivity contribution in [3.63, 3.8) is 0 Å². The smallest absolute Gasteiger partial charge is 0.363 e. The van der Waals surface area contributed by atoms with E-state index in [2.05, 4.69) is 4.99 Å². The lowest BCUT2D eigenvalue weighted by Gasteiger charge is -1.99. The van der Waals surface area contributed by atoms with E-state index in [1.807, 2.05) is 30.3 Å². The highest BCUT2D eigenvalue weighted by atomic mass is 19.1. The summed E-state index contributed by atoms with van der Waals surface area (Å²) in [6, 6.07) is 15.3. The molecule has 0 unspecified atom stereocenters. The highest BCUT2D eigenvalue weighted by Gasteiger charge is 2.25. The second kappa shape index (κ2) is 5.09. The molecule has 0 N–H and O–H groups in total. The van der Waals surface area contributed by atoms with E-state index >= 15 is 0 Å². The first kappa shape index (κ1) is 12.3. The summed E-state index contributed by atoms with van der Waals surface area (Å²) in [6.07, 6.45) is 1.61. The zero-order valence-corrected chi connectivity index (χ0v) is 10.4. The van der Waals surface area contributed by atoms with Crippen molar-refractivity contribution < 1.29 is 13.9 Å². The number of benzene rings is 2. The van der Waals surface area contributed by atoms with Gasteiger partial charge < -0.3 is 4.74 Å². The van der Waals surface area contributed by atoms with Crippen LogP contribution >= 0.6 is 0 Å². The van der Waals surface area contributed by atoms with Crippen molar-refractivity contribution in [1.29, 1.82) is 0 Å². The molecule has 2 aromatic carbocycles. The molecule has 3 rings (SSSR count). The molecular weight excluding hydrogens is 257 g/mol. The molecule has 0 aromatic heterocycles. The van der Waals surface area contributed by atoms with Gasteiger partial charge in [0, 0.05) is 0 Å². The summed E-state index contributed by atoms with van der Waals surface area (Å²) in [4.78, 5) is 15.8. The predicted octanol–water partition coefficient (Wildman–Crippen LogP) is 3.17. The summed E-state index contributed by atoms with van der Waals surface area (Å²) in [5.41, 5.74) is 1.17. The number of carbonyl (C=O) groups excluding carboxylic acids is 1. The van der Waals surface area contributed by atoms with Crippen molar-refractivity contribution in [1.82, 2.24) is 0 Å². The van der Waals surface area contributed by atoms with E-state index in [1.165, 1.54) is 12.1 Å². The molecule has 3 nitrogen and oxygen atoms in total. The Morgan fingerprint density at radius 1 is 1.00 bits per heavy atom. The van der Waals surface area contributed by atoms with Gasteiger partial charge in [-0.25, -0.2) is 14.2 Å². The minimum atomic E-state index is -0.577. The quantitative estimate of drug-likeness (QED) is 0.619. The van der Waals surface area contributed by atoms with Crippen LogP contribution in [0.15, 0.2) is 65.3 Å². The van der Waals surface area contributed by atoms with Gasteiger partial charge in [-0.1, -0.05) is 42.5 Å². The molecule has 1 aliphatic rings. The number of ether oxygens (including phenoxy) is 1. The van der Waals surface area contributed by atoms with E-state index in [1.54, 1.807) is 18.2 Å². The molecule has 0 spiro atoms. The molecule has 1 heterocycles. The Bertz CT molecular complexity index is 720. The van der Waals surface area contributed by atoms with Crippen LogP contribution in [0.3, 0.4) is 0 Å². The largest absolute Gasteiger partial charge is 0.402 e. The SMILES string of the molecule is O=C1OC(c2ccccc2F)=NC1=Cc1ccccc1. The summed E-state index contributed by atoms with van der Waals surface area (Å²) >= 11 is 0. The molecule has 2 aromatic rings. The van der Waals surface area contributed by atoms with E-state index in [9.17, 15) is 9.18 Å². The van der Waals surface area contributed by atoms with Crippen LogP contribution in [-0.2, 0) is 9.53 Å². The first-order valence-corrected chi connectivity index (χ1v) is 6.06. The number of carbonyl (C=O) groups is 1. The maximum Gasteiger partial charge on any atom is 0.363 e. The van der Waals surface area contributed by atoms with Crippen LogP contribution in [0.1, 0.15) is 11.1 Å². The van der Waals surface area contributed by atoms with Gasteiger partial charge in [-0.3, -0.25) is 0 Å². The average molecular weight is 267 g/mol. The monoisotopic (exact) mass is 267 g/mol. The number of esters is 1. The van der Waals surface area contributed by atoms with Crippen molar-refractivity contribution in [3.8, 4) is 0 Å². The van der Waals surface area contributed by atoms with Crippen molar-refractivity contribution in [3.05, 3.63) is 77.2 Å². The normalized spacial score (nSPS) is 16.1. The minimum absolute atomic E-state index is 0.00437. The lowest BCUT2D eigenvalue weighted by molar-refractivity contribution is -0.129. The number of hydrogen-bond acceptors (Lipinski definition) is 3. The number of cyclic esters (lactones) is 1. The first-order chi connectivity index (χ1) is 9.74. The molecule has 0 radical (unpaired) electrons. The highest BCUT2D eigenvalue weighted by molar-refractivity contribution is 6.12. The van der Waals surface area contributed by atoms with Gasteiger partial charge in [-0.2, -0.15) is 0 Å². The van der Waals surface area contributed by atoms with Crippen LogP contribution in [0.25, 0.3) is 6.08 Å². The molecule has 0 aliphatic carbocycles. The number of aliphatic imine (C=N–C) groups is 1. The van der Waals surface area contributed by atoms with Crippen LogP contribution in [0, 0.1) is 5.82 Å². The number of halogens is 1. The van der Waals surface area contributed by atoms with Crippen LogP contribution in [0.5, 0.6) is 0 Å². The molecular formula is C16H10FNO2. The Morgan fingerprint density at radius 2 is 1.70 bits per heavy atom. The van der Waals surface area contributed by atoms with Crippen LogP contribution < -0.4 is 0 Å². The van der Waals surface area contributed by atoms with Gasteiger partial charge in [-0.15, -0.1) is 0 Å². The average Bonchev–Trinajstić information content (AvgIpc) is 2.81. The maximum absolute atomic E-state index is 13.6. The second-order valence-corrected chi connectivity index (χ2v) is 4.23. The Morgan fingerprint density at radius 3 is 2.45 bits per heavy atom. The molecule has 0 saturated heterocycles. The molecule has 0 atom stereocenters. The van der Waals surface area contributed by atoms with Crippen LogP contribution in [0.4, 0.5) is 4.39 Å². The zero-order chi connectivity index (χ0) is 13.9. The Balaban J connectivity index is 1.98. The van der Waals surface area contributed by atoms with Gasteiger partial charge in [0.1, 0.15) is 5.82 Å². The predicted molar refractivity (Wildman–Crippen MR) is 73.4 cm³/mol. The lowest BCUT2D eigenvalue weighted by atomic mass is 10.2. The molecule has 4 heteroatoms. The Kier molecular flexibility index (Phi) is 3.13. The van der Waals surface area contributed by atoms with Crippen molar-refractivity contribution in [2.24, 2.45) is 4.99 Å². The molecule has 0 bridgehead atoms. The summed E-state index contributed by atoms with van der Waals surface area (Å²) in [7, 11) is 0. The van der Waals surface area contributed by atoms with Crippen molar-refractivity contribution in [2.45, 2.75) is 0 Å². The summed E-state index contributed by atoms with van der Waals surface area (Å²) < 4.78 is 18.6. The van der Waals surface area contributed by atoms with E-state index < -0.39 is 11.8 Å². The first-order valence-electron chi connectivity index (χ1n) is 6.06. The zero-order valence-electron chi connectivity index (χ0n) is 10.4. The lowest BCUT2D eigenvalue weighted by Crippen LogP contribution is -2.07. The molecule has 0 fully saturated rings. The fourth-order valence-corrected chi connectivity index (χ4v) is 1.87. The number of nitrogens with zero attached hydrogens (tertiary/aromatic N) is 1. The van der Waals surface area contributed by atoms with Crippen LogP contribution in [-0.4, -0.2) is 11.9 Å². The highest BCUT2D eigenvalue weighted by Crippen LogP contribution is 2.20. The van der Waals surface area contributed by atoms with Gasteiger partial charge in [0.05, 0.1) is 5.56 Å². The van der Waals surface area contributed by atoms with Crippen molar-refractivity contribution >= 4 is 17.9 Å². The molecule has 98 valence electrons. The second-order valence-electron chi connectivity index (χ2n) is 4.23. The van der Waals surface area contributed by atoms with E-state index in [4.69, 9.17) is 4.74 Å².